The minimum absolute atomic E-state index is 0.113. The van der Waals surface area contributed by atoms with Gasteiger partial charge in [0.25, 0.3) is 0 Å². The van der Waals surface area contributed by atoms with Gasteiger partial charge in [-0.3, -0.25) is 14.4 Å². The summed E-state index contributed by atoms with van der Waals surface area (Å²) in [6, 6.07) is 11.2. The molecule has 2 heterocycles. The van der Waals surface area contributed by atoms with Gasteiger partial charge in [0, 0.05) is 6.07 Å². The Kier molecular flexibility index (Phi) is 7.74. The number of aliphatic carboxylic acids is 1. The first-order valence-electron chi connectivity index (χ1n) is 11.1. The van der Waals surface area contributed by atoms with Gasteiger partial charge in [-0.05, 0) is 29.8 Å². The third-order valence-electron chi connectivity index (χ3n) is 5.77. The number of esters is 1. The second-order valence-electron chi connectivity index (χ2n) is 8.25. The van der Waals surface area contributed by atoms with Crippen LogP contribution in [0.25, 0.3) is 22.1 Å². The summed E-state index contributed by atoms with van der Waals surface area (Å²) >= 11 is 0. The van der Waals surface area contributed by atoms with Crippen molar-refractivity contribution >= 4 is 22.9 Å². The van der Waals surface area contributed by atoms with Crippen molar-refractivity contribution in [3.63, 3.8) is 0 Å². The van der Waals surface area contributed by atoms with Crippen LogP contribution in [0.3, 0.4) is 0 Å². The summed E-state index contributed by atoms with van der Waals surface area (Å²) < 4.78 is 26.6. The quantitative estimate of drug-likeness (QED) is 0.243. The Morgan fingerprint density at radius 2 is 1.68 bits per heavy atom. The van der Waals surface area contributed by atoms with Gasteiger partial charge in [-0.15, -0.1) is 0 Å². The highest BCUT2D eigenvalue weighted by Gasteiger charge is 2.45. The molecule has 0 unspecified atom stereocenters. The molecule has 12 heteroatoms. The summed E-state index contributed by atoms with van der Waals surface area (Å²) in [5.74, 6) is -1.71. The second-order valence-corrected chi connectivity index (χ2v) is 8.25. The number of rotatable bonds is 8. The van der Waals surface area contributed by atoms with E-state index in [9.17, 15) is 29.7 Å². The highest BCUT2D eigenvalue weighted by atomic mass is 16.7. The van der Waals surface area contributed by atoms with Crippen molar-refractivity contribution in [3.8, 4) is 22.6 Å². The molecule has 4 N–H and O–H groups in total. The molecule has 3 aromatic rings. The van der Waals surface area contributed by atoms with E-state index in [0.717, 1.165) is 0 Å². The lowest BCUT2D eigenvalue weighted by Gasteiger charge is -2.39. The first-order valence-corrected chi connectivity index (χ1v) is 11.1. The van der Waals surface area contributed by atoms with Crippen LogP contribution >= 0.6 is 0 Å². The minimum atomic E-state index is -1.72. The van der Waals surface area contributed by atoms with Crippen LogP contribution in [-0.2, 0) is 19.1 Å². The first-order chi connectivity index (χ1) is 17.7. The summed E-state index contributed by atoms with van der Waals surface area (Å²) in [6.45, 7) is -0.586. The first kappa shape index (κ1) is 26.1. The van der Waals surface area contributed by atoms with E-state index in [0.29, 0.717) is 16.9 Å². The van der Waals surface area contributed by atoms with E-state index >= 15 is 0 Å². The van der Waals surface area contributed by atoms with Crippen molar-refractivity contribution in [1.82, 2.24) is 0 Å². The van der Waals surface area contributed by atoms with Crippen LogP contribution in [-0.4, -0.2) is 76.8 Å². The molecule has 5 atom stereocenters. The Balaban J connectivity index is 1.51. The zero-order valence-corrected chi connectivity index (χ0v) is 19.5. The van der Waals surface area contributed by atoms with E-state index < -0.39 is 55.7 Å². The molecule has 0 bridgehead atoms. The maximum atomic E-state index is 13.0. The number of aliphatic hydroxyl groups excluding tert-OH is 3. The Morgan fingerprint density at radius 1 is 0.973 bits per heavy atom. The average molecular weight is 516 g/mol. The fourth-order valence-corrected chi connectivity index (χ4v) is 3.79. The number of hydrogen-bond acceptors (Lipinski definition) is 11. The van der Waals surface area contributed by atoms with Gasteiger partial charge < -0.3 is 43.8 Å². The van der Waals surface area contributed by atoms with Crippen LogP contribution in [0.5, 0.6) is 11.5 Å². The predicted molar refractivity (Wildman–Crippen MR) is 125 cm³/mol. The smallest absolute Gasteiger partial charge is 0.317 e. The summed E-state index contributed by atoms with van der Waals surface area (Å²) in [5, 5.41) is 39.6. The number of hydrogen-bond donors (Lipinski definition) is 4. The van der Waals surface area contributed by atoms with Crippen LogP contribution in [0.4, 0.5) is 0 Å². The Hall–Kier alpha value is -3.97. The maximum absolute atomic E-state index is 13.0. The third kappa shape index (κ3) is 5.73. The second kappa shape index (κ2) is 11.0. The highest BCUT2D eigenvalue weighted by Crippen LogP contribution is 2.28. The number of fused-ring (bicyclic) bond motifs is 1. The number of ether oxygens (including phenoxy) is 4. The number of benzene rings is 2. The molecule has 2 aromatic carbocycles. The molecule has 1 aliphatic heterocycles. The highest BCUT2D eigenvalue weighted by molar-refractivity contribution is 5.90. The number of carboxylic acid groups (broad SMARTS) is 1. The van der Waals surface area contributed by atoms with Gasteiger partial charge in [0.2, 0.25) is 6.29 Å². The van der Waals surface area contributed by atoms with Crippen molar-refractivity contribution in [2.75, 3.05) is 13.7 Å². The number of carboxylic acids is 1. The predicted octanol–water partition coefficient (Wildman–Crippen LogP) is 0.673. The molecule has 0 saturated carbocycles. The fraction of sp³-hybridized carbons (Fsp3) is 0.320. The summed E-state index contributed by atoms with van der Waals surface area (Å²) in [5.41, 5.74) is 0.879. The molecule has 0 amide bonds. The Morgan fingerprint density at radius 3 is 2.35 bits per heavy atom. The molecule has 1 saturated heterocycles. The van der Waals surface area contributed by atoms with Crippen LogP contribution in [0, 0.1) is 0 Å². The maximum Gasteiger partial charge on any atom is 0.317 e. The minimum Gasteiger partial charge on any atom is -0.497 e. The van der Waals surface area contributed by atoms with Gasteiger partial charge in [-0.2, -0.15) is 0 Å². The molecule has 1 fully saturated rings. The molecule has 1 aliphatic rings. The third-order valence-corrected chi connectivity index (χ3v) is 5.77. The summed E-state index contributed by atoms with van der Waals surface area (Å²) in [7, 11) is 1.54. The lowest BCUT2D eigenvalue weighted by Crippen LogP contribution is -2.60. The molecule has 0 aliphatic carbocycles. The largest absolute Gasteiger partial charge is 0.497 e. The summed E-state index contributed by atoms with van der Waals surface area (Å²) in [6.07, 6.45) is -7.43. The normalized spacial score (nSPS) is 23.4. The van der Waals surface area contributed by atoms with Gasteiger partial charge in [-0.25, -0.2) is 0 Å². The van der Waals surface area contributed by atoms with Gasteiger partial charge in [-0.1, -0.05) is 12.1 Å². The fourth-order valence-electron chi connectivity index (χ4n) is 3.79. The average Bonchev–Trinajstić information content (AvgIpc) is 2.88. The van der Waals surface area contributed by atoms with Crippen molar-refractivity contribution in [2.45, 2.75) is 37.1 Å². The van der Waals surface area contributed by atoms with E-state index in [2.05, 4.69) is 0 Å². The molecular formula is C25H24O12. The molecule has 0 radical (unpaired) electrons. The van der Waals surface area contributed by atoms with Crippen molar-refractivity contribution in [1.29, 1.82) is 0 Å². The number of carbonyl (C=O) groups is 2. The van der Waals surface area contributed by atoms with Crippen LogP contribution in [0.2, 0.25) is 0 Å². The van der Waals surface area contributed by atoms with Crippen molar-refractivity contribution in [3.05, 3.63) is 59.0 Å². The van der Waals surface area contributed by atoms with E-state index in [-0.39, 0.29) is 22.1 Å². The van der Waals surface area contributed by atoms with Gasteiger partial charge in [0.1, 0.15) is 60.8 Å². The van der Waals surface area contributed by atoms with Gasteiger partial charge in [0.15, 0.2) is 5.43 Å². The molecule has 12 nitrogen and oxygen atoms in total. The molecule has 37 heavy (non-hydrogen) atoms. The van der Waals surface area contributed by atoms with Crippen molar-refractivity contribution < 1.29 is 53.4 Å². The topological polar surface area (TPSA) is 182 Å². The molecule has 0 spiro atoms. The van der Waals surface area contributed by atoms with E-state index in [1.807, 2.05) is 0 Å². The zero-order valence-electron chi connectivity index (χ0n) is 19.5. The van der Waals surface area contributed by atoms with E-state index in [4.69, 9.17) is 28.5 Å². The Bertz CT molecular complexity index is 1330. The molecular weight excluding hydrogens is 492 g/mol. The van der Waals surface area contributed by atoms with Crippen molar-refractivity contribution in [2.24, 2.45) is 0 Å². The lowest BCUT2D eigenvalue weighted by molar-refractivity contribution is -0.278. The SMILES string of the molecule is COc1ccc(-c2coc3cc(O[C@H]4O[C@H](COC(=O)CC(=O)O)[C@@H](O)[C@H](O)[C@H]4O)ccc3c2=O)cc1. The molecule has 196 valence electrons. The monoisotopic (exact) mass is 516 g/mol. The number of methoxy groups -OCH3 is 1. The lowest BCUT2D eigenvalue weighted by atomic mass is 9.99. The van der Waals surface area contributed by atoms with Crippen LogP contribution in [0.15, 0.2) is 57.9 Å². The van der Waals surface area contributed by atoms with Crippen LogP contribution < -0.4 is 14.9 Å². The Labute approximate surface area is 209 Å². The zero-order chi connectivity index (χ0) is 26.7. The number of carbonyl (C=O) groups excluding carboxylic acids is 1. The van der Waals surface area contributed by atoms with Gasteiger partial charge >= 0.3 is 11.9 Å². The standard InChI is InChI=1S/C25H24O12/c1-33-13-4-2-12(3-5-13)16-10-34-17-8-14(6-7-15(17)21(16)29)36-25-24(32)23(31)22(30)18(37-25)11-35-20(28)9-19(26)27/h2-8,10,18,22-25,30-32H,9,11H2,1H3,(H,26,27)/t18-,22-,23+,24-,25+/m1/s1. The molecule has 1 aromatic heterocycles. The number of aliphatic hydroxyl groups is 3. The summed E-state index contributed by atoms with van der Waals surface area (Å²) in [4.78, 5) is 35.1. The van der Waals surface area contributed by atoms with E-state index in [1.54, 1.807) is 24.3 Å². The van der Waals surface area contributed by atoms with E-state index in [1.165, 1.54) is 31.6 Å². The van der Waals surface area contributed by atoms with Gasteiger partial charge in [0.05, 0.1) is 18.1 Å². The molecule has 4 rings (SSSR count). The van der Waals surface area contributed by atoms with Crippen LogP contribution in [0.1, 0.15) is 6.42 Å².